The molecule has 0 aliphatic carbocycles. The zero-order chi connectivity index (χ0) is 15.8. The molecule has 1 atom stereocenters. The molecule has 0 aromatic heterocycles. The minimum absolute atomic E-state index is 0.0815. The molecule has 0 radical (unpaired) electrons. The van der Waals surface area contributed by atoms with Crippen LogP contribution < -0.4 is 9.47 Å². The fraction of sp³-hybridized carbons (Fsp3) is 0.471. The van der Waals surface area contributed by atoms with E-state index in [2.05, 4.69) is 13.8 Å². The standard InChI is InChI=1S/C17H24O4/c1-12(2)8-13(3)21-17(18)7-6-14-9-15(19-4)11-16(10-14)20-5/h6-7,9-13H,8H2,1-5H3. The lowest BCUT2D eigenvalue weighted by Crippen LogP contribution is -2.15. The molecule has 0 aliphatic rings. The van der Waals surface area contributed by atoms with Gasteiger partial charge in [0.1, 0.15) is 11.5 Å². The minimum atomic E-state index is -0.343. The predicted molar refractivity (Wildman–Crippen MR) is 83.6 cm³/mol. The van der Waals surface area contributed by atoms with Crippen molar-refractivity contribution >= 4 is 12.0 Å². The van der Waals surface area contributed by atoms with Gasteiger partial charge in [-0.3, -0.25) is 0 Å². The van der Waals surface area contributed by atoms with Crippen molar-refractivity contribution in [2.45, 2.75) is 33.3 Å². The maximum absolute atomic E-state index is 11.7. The van der Waals surface area contributed by atoms with Gasteiger partial charge in [0.25, 0.3) is 0 Å². The van der Waals surface area contributed by atoms with Gasteiger partial charge in [-0.1, -0.05) is 13.8 Å². The molecule has 1 aromatic rings. The first kappa shape index (κ1) is 17.1. The smallest absolute Gasteiger partial charge is 0.331 e. The van der Waals surface area contributed by atoms with Gasteiger partial charge in [0.15, 0.2) is 0 Å². The molecule has 116 valence electrons. The first-order valence-corrected chi connectivity index (χ1v) is 7.06. The normalized spacial score (nSPS) is 12.5. The first-order valence-electron chi connectivity index (χ1n) is 7.06. The molecule has 1 unspecified atom stereocenters. The summed E-state index contributed by atoms with van der Waals surface area (Å²) in [7, 11) is 3.17. The fourth-order valence-electron chi connectivity index (χ4n) is 2.04. The molecule has 0 aliphatic heterocycles. The lowest BCUT2D eigenvalue weighted by atomic mass is 10.1. The van der Waals surface area contributed by atoms with Crippen molar-refractivity contribution in [3.8, 4) is 11.5 Å². The highest BCUT2D eigenvalue weighted by Gasteiger charge is 2.09. The van der Waals surface area contributed by atoms with Crippen LogP contribution in [0.15, 0.2) is 24.3 Å². The van der Waals surface area contributed by atoms with E-state index in [1.807, 2.05) is 19.1 Å². The topological polar surface area (TPSA) is 44.8 Å². The maximum atomic E-state index is 11.7. The van der Waals surface area contributed by atoms with E-state index in [0.29, 0.717) is 17.4 Å². The van der Waals surface area contributed by atoms with E-state index in [4.69, 9.17) is 14.2 Å². The molecule has 1 rings (SSSR count). The average molecular weight is 292 g/mol. The third-order valence-corrected chi connectivity index (χ3v) is 2.91. The van der Waals surface area contributed by atoms with Crippen molar-refractivity contribution in [3.05, 3.63) is 29.8 Å². The van der Waals surface area contributed by atoms with Crippen LogP contribution in [-0.4, -0.2) is 26.3 Å². The molecule has 0 saturated carbocycles. The van der Waals surface area contributed by atoms with E-state index in [-0.39, 0.29) is 12.1 Å². The van der Waals surface area contributed by atoms with E-state index >= 15 is 0 Å². The van der Waals surface area contributed by atoms with Crippen LogP contribution in [0, 0.1) is 5.92 Å². The summed E-state index contributed by atoms with van der Waals surface area (Å²) in [4.78, 5) is 11.7. The summed E-state index contributed by atoms with van der Waals surface area (Å²) in [6.45, 7) is 6.10. The van der Waals surface area contributed by atoms with E-state index < -0.39 is 0 Å². The van der Waals surface area contributed by atoms with Crippen LogP contribution in [-0.2, 0) is 9.53 Å². The maximum Gasteiger partial charge on any atom is 0.331 e. The largest absolute Gasteiger partial charge is 0.497 e. The van der Waals surface area contributed by atoms with Crippen molar-refractivity contribution in [2.24, 2.45) is 5.92 Å². The summed E-state index contributed by atoms with van der Waals surface area (Å²) in [5, 5.41) is 0. The van der Waals surface area contributed by atoms with Crippen LogP contribution in [0.2, 0.25) is 0 Å². The van der Waals surface area contributed by atoms with Gasteiger partial charge in [-0.25, -0.2) is 4.79 Å². The Morgan fingerprint density at radius 2 is 1.67 bits per heavy atom. The second-order valence-electron chi connectivity index (χ2n) is 5.36. The first-order chi connectivity index (χ1) is 9.94. The molecular weight excluding hydrogens is 268 g/mol. The molecule has 0 N–H and O–H groups in total. The summed E-state index contributed by atoms with van der Waals surface area (Å²) in [5.74, 6) is 1.51. The molecule has 0 amide bonds. The molecular formula is C17H24O4. The van der Waals surface area contributed by atoms with Gasteiger partial charge in [0, 0.05) is 12.1 Å². The lowest BCUT2D eigenvalue weighted by molar-refractivity contribution is -0.142. The number of benzene rings is 1. The molecule has 0 saturated heterocycles. The van der Waals surface area contributed by atoms with Gasteiger partial charge in [0.2, 0.25) is 0 Å². The van der Waals surface area contributed by atoms with Gasteiger partial charge < -0.3 is 14.2 Å². The van der Waals surface area contributed by atoms with Crippen molar-refractivity contribution in [3.63, 3.8) is 0 Å². The summed E-state index contributed by atoms with van der Waals surface area (Å²) in [6, 6.07) is 5.42. The predicted octanol–water partition coefficient (Wildman–Crippen LogP) is 3.69. The van der Waals surface area contributed by atoms with Gasteiger partial charge in [-0.2, -0.15) is 0 Å². The summed E-state index contributed by atoms with van der Waals surface area (Å²) >= 11 is 0. The summed E-state index contributed by atoms with van der Waals surface area (Å²) in [5.41, 5.74) is 0.819. The zero-order valence-corrected chi connectivity index (χ0v) is 13.4. The fourth-order valence-corrected chi connectivity index (χ4v) is 2.04. The molecule has 21 heavy (non-hydrogen) atoms. The zero-order valence-electron chi connectivity index (χ0n) is 13.4. The van der Waals surface area contributed by atoms with Crippen LogP contribution in [0.3, 0.4) is 0 Å². The second kappa shape index (κ2) is 8.35. The van der Waals surface area contributed by atoms with E-state index in [1.165, 1.54) is 6.08 Å². The highest BCUT2D eigenvalue weighted by Crippen LogP contribution is 2.23. The third kappa shape index (κ3) is 6.34. The Hall–Kier alpha value is -1.97. The third-order valence-electron chi connectivity index (χ3n) is 2.91. The number of esters is 1. The summed E-state index contributed by atoms with van der Waals surface area (Å²) in [6.07, 6.45) is 3.88. The molecule has 4 heteroatoms. The highest BCUT2D eigenvalue weighted by atomic mass is 16.5. The van der Waals surface area contributed by atoms with Gasteiger partial charge in [-0.05, 0) is 43.0 Å². The van der Waals surface area contributed by atoms with E-state index in [9.17, 15) is 4.79 Å². The molecule has 1 aromatic carbocycles. The molecule has 0 fully saturated rings. The van der Waals surface area contributed by atoms with Gasteiger partial charge >= 0.3 is 5.97 Å². The minimum Gasteiger partial charge on any atom is -0.497 e. The quantitative estimate of drug-likeness (QED) is 0.568. The van der Waals surface area contributed by atoms with Crippen molar-refractivity contribution in [1.29, 1.82) is 0 Å². The molecule has 0 heterocycles. The molecule has 4 nitrogen and oxygen atoms in total. The Morgan fingerprint density at radius 1 is 1.10 bits per heavy atom. The number of carbonyl (C=O) groups is 1. The Morgan fingerprint density at radius 3 is 2.14 bits per heavy atom. The number of methoxy groups -OCH3 is 2. The number of carbonyl (C=O) groups excluding carboxylic acids is 1. The van der Waals surface area contributed by atoms with E-state index in [0.717, 1.165) is 12.0 Å². The molecule has 0 spiro atoms. The SMILES string of the molecule is COc1cc(C=CC(=O)OC(C)CC(C)C)cc(OC)c1. The monoisotopic (exact) mass is 292 g/mol. The Labute approximate surface area is 126 Å². The number of rotatable bonds is 7. The van der Waals surface area contributed by atoms with Crippen molar-refractivity contribution in [2.75, 3.05) is 14.2 Å². The van der Waals surface area contributed by atoms with Crippen LogP contribution in [0.4, 0.5) is 0 Å². The number of hydrogen-bond donors (Lipinski definition) is 0. The highest BCUT2D eigenvalue weighted by molar-refractivity contribution is 5.87. The summed E-state index contributed by atoms with van der Waals surface area (Å²) < 4.78 is 15.7. The van der Waals surface area contributed by atoms with Crippen molar-refractivity contribution in [1.82, 2.24) is 0 Å². The van der Waals surface area contributed by atoms with Crippen LogP contribution in [0.5, 0.6) is 11.5 Å². The lowest BCUT2D eigenvalue weighted by Gasteiger charge is -2.13. The average Bonchev–Trinajstić information content (AvgIpc) is 2.43. The second-order valence-corrected chi connectivity index (χ2v) is 5.36. The Balaban J connectivity index is 2.69. The van der Waals surface area contributed by atoms with E-state index in [1.54, 1.807) is 26.4 Å². The van der Waals surface area contributed by atoms with Gasteiger partial charge in [0.05, 0.1) is 20.3 Å². The number of hydrogen-bond acceptors (Lipinski definition) is 4. The van der Waals surface area contributed by atoms with Crippen LogP contribution in [0.25, 0.3) is 6.08 Å². The Bertz CT molecular complexity index is 469. The van der Waals surface area contributed by atoms with Crippen LogP contribution in [0.1, 0.15) is 32.8 Å². The molecule has 0 bridgehead atoms. The van der Waals surface area contributed by atoms with Crippen molar-refractivity contribution < 1.29 is 19.0 Å². The Kier molecular flexibility index (Phi) is 6.79. The van der Waals surface area contributed by atoms with Gasteiger partial charge in [-0.15, -0.1) is 0 Å². The van der Waals surface area contributed by atoms with Crippen LogP contribution >= 0.6 is 0 Å². The number of ether oxygens (including phenoxy) is 3.